The first-order valence-corrected chi connectivity index (χ1v) is 13.4. The lowest BCUT2D eigenvalue weighted by atomic mass is 10.2. The van der Waals surface area contributed by atoms with Crippen molar-refractivity contribution in [3.05, 3.63) is 24.3 Å². The Morgan fingerprint density at radius 1 is 1.21 bits per heavy atom. The number of rotatable bonds is 9. The quantitative estimate of drug-likeness (QED) is 0.524. The third kappa shape index (κ3) is 6.12. The molecule has 10 nitrogen and oxygen atoms in total. The predicted molar refractivity (Wildman–Crippen MR) is 122 cm³/mol. The van der Waals surface area contributed by atoms with Gasteiger partial charge in [0, 0.05) is 31.7 Å². The van der Waals surface area contributed by atoms with Crippen molar-refractivity contribution in [2.75, 3.05) is 32.4 Å². The van der Waals surface area contributed by atoms with Gasteiger partial charge in [0.1, 0.15) is 0 Å². The second-order valence-corrected chi connectivity index (χ2v) is 11.1. The zero-order valence-corrected chi connectivity index (χ0v) is 20.0. The molecule has 0 spiro atoms. The Bertz CT molecular complexity index is 1110. The average Bonchev–Trinajstić information content (AvgIpc) is 3.50. The summed E-state index contributed by atoms with van der Waals surface area (Å²) in [5, 5.41) is 11.0. The molecule has 33 heavy (non-hydrogen) atoms. The molecule has 1 aromatic carbocycles. The Labute approximate surface area is 197 Å². The van der Waals surface area contributed by atoms with Gasteiger partial charge in [0.25, 0.3) is 5.22 Å². The number of carbonyl (C=O) groups is 2. The van der Waals surface area contributed by atoms with Crippen LogP contribution in [-0.4, -0.2) is 78.1 Å². The van der Waals surface area contributed by atoms with Crippen LogP contribution < -0.4 is 5.32 Å². The molecular formula is C21H27N5O5S2. The lowest BCUT2D eigenvalue weighted by Crippen LogP contribution is -2.39. The summed E-state index contributed by atoms with van der Waals surface area (Å²) >= 11 is 1.07. The molecule has 0 atom stereocenters. The molecule has 12 heteroatoms. The summed E-state index contributed by atoms with van der Waals surface area (Å²) in [4.78, 5) is 25.7. The molecule has 0 bridgehead atoms. The number of nitrogens with one attached hydrogen (secondary N) is 1. The van der Waals surface area contributed by atoms with Crippen molar-refractivity contribution in [3.8, 4) is 11.5 Å². The Balaban J connectivity index is 1.35. The molecule has 2 heterocycles. The molecular weight excluding hydrogens is 466 g/mol. The zero-order chi connectivity index (χ0) is 23.4. The molecule has 1 aromatic heterocycles. The first-order chi connectivity index (χ1) is 15.8. The van der Waals surface area contributed by atoms with E-state index in [4.69, 9.17) is 4.42 Å². The van der Waals surface area contributed by atoms with Gasteiger partial charge in [-0.2, -0.15) is 4.31 Å². The van der Waals surface area contributed by atoms with Crippen molar-refractivity contribution in [2.24, 2.45) is 0 Å². The SMILES string of the molecule is CN(CC(=O)NC1CC1)C(=O)CSc1nnc(-c2cccc(S(=O)(=O)N3CCCCC3)c2)o1. The number of carbonyl (C=O) groups excluding carboxylic acids is 2. The number of aromatic nitrogens is 2. The standard InChI is InChI=1S/C21H27N5O5S2/c1-25(13-18(27)22-16-8-9-16)19(28)14-32-21-24-23-20(31-21)15-6-5-7-17(12-15)33(29,30)26-10-3-2-4-11-26/h5-7,12,16H,2-4,8-11,13-14H2,1H3,(H,22,27). The van der Waals surface area contributed by atoms with Gasteiger partial charge in [0.05, 0.1) is 17.2 Å². The van der Waals surface area contributed by atoms with E-state index in [0.717, 1.165) is 43.9 Å². The Hall–Kier alpha value is -2.44. The van der Waals surface area contributed by atoms with Crippen LogP contribution in [0.3, 0.4) is 0 Å². The number of likely N-dealkylation sites (N-methyl/N-ethyl adjacent to an activating group) is 1. The molecule has 2 fully saturated rings. The monoisotopic (exact) mass is 493 g/mol. The van der Waals surface area contributed by atoms with Gasteiger partial charge >= 0.3 is 0 Å². The maximum Gasteiger partial charge on any atom is 0.277 e. The fourth-order valence-corrected chi connectivity index (χ4v) is 5.73. The molecule has 2 aliphatic rings. The van der Waals surface area contributed by atoms with E-state index in [1.54, 1.807) is 25.2 Å². The number of hydrogen-bond donors (Lipinski definition) is 1. The average molecular weight is 494 g/mol. The van der Waals surface area contributed by atoms with E-state index in [2.05, 4.69) is 15.5 Å². The van der Waals surface area contributed by atoms with Gasteiger partial charge < -0.3 is 14.6 Å². The summed E-state index contributed by atoms with van der Waals surface area (Å²) in [5.74, 6) is -0.186. The van der Waals surface area contributed by atoms with E-state index in [1.807, 2.05) is 0 Å². The summed E-state index contributed by atoms with van der Waals surface area (Å²) in [5.41, 5.74) is 0.493. The van der Waals surface area contributed by atoms with E-state index in [9.17, 15) is 18.0 Å². The van der Waals surface area contributed by atoms with Gasteiger partial charge in [-0.1, -0.05) is 24.2 Å². The maximum absolute atomic E-state index is 12.9. The van der Waals surface area contributed by atoms with Gasteiger partial charge in [0.2, 0.25) is 27.7 Å². The molecule has 1 saturated carbocycles. The van der Waals surface area contributed by atoms with Crippen LogP contribution in [0.25, 0.3) is 11.5 Å². The molecule has 1 N–H and O–H groups in total. The van der Waals surface area contributed by atoms with Crippen LogP contribution in [0.4, 0.5) is 0 Å². The van der Waals surface area contributed by atoms with Gasteiger partial charge in [-0.25, -0.2) is 8.42 Å². The lowest BCUT2D eigenvalue weighted by Gasteiger charge is -2.25. The number of piperidine rings is 1. The number of sulfonamides is 1. The number of benzene rings is 1. The van der Waals surface area contributed by atoms with Crippen LogP contribution in [-0.2, 0) is 19.6 Å². The number of thioether (sulfide) groups is 1. The van der Waals surface area contributed by atoms with Crippen molar-refractivity contribution in [1.82, 2.24) is 24.7 Å². The van der Waals surface area contributed by atoms with Crippen LogP contribution in [0, 0.1) is 0 Å². The third-order valence-corrected chi connectivity index (χ3v) is 8.21. The number of nitrogens with zero attached hydrogens (tertiary/aromatic N) is 4. The molecule has 4 rings (SSSR count). The molecule has 2 aromatic rings. The fraction of sp³-hybridized carbons (Fsp3) is 0.524. The maximum atomic E-state index is 12.9. The highest BCUT2D eigenvalue weighted by atomic mass is 32.2. The van der Waals surface area contributed by atoms with E-state index < -0.39 is 10.0 Å². The van der Waals surface area contributed by atoms with Gasteiger partial charge in [0.15, 0.2) is 0 Å². The van der Waals surface area contributed by atoms with Crippen molar-refractivity contribution in [3.63, 3.8) is 0 Å². The summed E-state index contributed by atoms with van der Waals surface area (Å²) < 4.78 is 33.0. The largest absolute Gasteiger partial charge is 0.411 e. The summed E-state index contributed by atoms with van der Waals surface area (Å²) in [6.07, 6.45) is 4.75. The van der Waals surface area contributed by atoms with Crippen LogP contribution in [0.15, 0.2) is 38.8 Å². The van der Waals surface area contributed by atoms with Gasteiger partial charge in [-0.3, -0.25) is 9.59 Å². The minimum Gasteiger partial charge on any atom is -0.411 e. The second kappa shape index (κ2) is 10.2. The van der Waals surface area contributed by atoms with Crippen LogP contribution >= 0.6 is 11.8 Å². The molecule has 1 aliphatic carbocycles. The first-order valence-electron chi connectivity index (χ1n) is 10.9. The number of amides is 2. The van der Waals surface area contributed by atoms with Crippen LogP contribution in [0.1, 0.15) is 32.1 Å². The molecule has 1 saturated heterocycles. The molecule has 178 valence electrons. The Morgan fingerprint density at radius 2 is 1.97 bits per heavy atom. The highest BCUT2D eigenvalue weighted by Gasteiger charge is 2.27. The minimum absolute atomic E-state index is 0.00323. The smallest absolute Gasteiger partial charge is 0.277 e. The lowest BCUT2D eigenvalue weighted by molar-refractivity contribution is -0.132. The van der Waals surface area contributed by atoms with E-state index in [-0.39, 0.29) is 46.2 Å². The van der Waals surface area contributed by atoms with Gasteiger partial charge in [-0.15, -0.1) is 10.2 Å². The summed E-state index contributed by atoms with van der Waals surface area (Å²) in [6.45, 7) is 1.06. The molecule has 1 aliphatic heterocycles. The Morgan fingerprint density at radius 3 is 2.70 bits per heavy atom. The van der Waals surface area contributed by atoms with E-state index in [0.29, 0.717) is 18.7 Å². The molecule has 0 unspecified atom stereocenters. The molecule has 2 amide bonds. The fourth-order valence-electron chi connectivity index (χ4n) is 3.47. The van der Waals surface area contributed by atoms with Crippen molar-refractivity contribution in [2.45, 2.75) is 48.3 Å². The Kier molecular flexibility index (Phi) is 7.35. The first kappa shape index (κ1) is 23.7. The summed E-state index contributed by atoms with van der Waals surface area (Å²) in [7, 11) is -2.00. The second-order valence-electron chi connectivity index (χ2n) is 8.25. The zero-order valence-electron chi connectivity index (χ0n) is 18.4. The van der Waals surface area contributed by atoms with E-state index >= 15 is 0 Å². The normalized spacial score (nSPS) is 17.0. The molecule has 0 radical (unpaired) electrons. The number of hydrogen-bond acceptors (Lipinski definition) is 8. The highest BCUT2D eigenvalue weighted by molar-refractivity contribution is 7.99. The van der Waals surface area contributed by atoms with E-state index in [1.165, 1.54) is 15.3 Å². The van der Waals surface area contributed by atoms with Crippen molar-refractivity contribution >= 4 is 33.6 Å². The topological polar surface area (TPSA) is 126 Å². The summed E-state index contributed by atoms with van der Waals surface area (Å²) in [6, 6.07) is 6.69. The van der Waals surface area contributed by atoms with Crippen molar-refractivity contribution in [1.29, 1.82) is 0 Å². The predicted octanol–water partition coefficient (Wildman–Crippen LogP) is 1.74. The van der Waals surface area contributed by atoms with Crippen molar-refractivity contribution < 1.29 is 22.4 Å². The van der Waals surface area contributed by atoms with Crippen LogP contribution in [0.5, 0.6) is 0 Å². The minimum atomic E-state index is -3.58. The third-order valence-electron chi connectivity index (χ3n) is 5.51. The van der Waals surface area contributed by atoms with Crippen LogP contribution in [0.2, 0.25) is 0 Å². The van der Waals surface area contributed by atoms with Gasteiger partial charge in [-0.05, 0) is 43.9 Å². The highest BCUT2D eigenvalue weighted by Crippen LogP contribution is 2.27.